The molecule has 1 aromatic carbocycles. The number of hydrogen-bond donors (Lipinski definition) is 1. The summed E-state index contributed by atoms with van der Waals surface area (Å²) >= 11 is 0. The van der Waals surface area contributed by atoms with Gasteiger partial charge in [-0.2, -0.15) is 10.1 Å². The number of rotatable bonds is 4. The van der Waals surface area contributed by atoms with Gasteiger partial charge in [-0.15, -0.1) is 0 Å². The van der Waals surface area contributed by atoms with Gasteiger partial charge in [0.15, 0.2) is 0 Å². The van der Waals surface area contributed by atoms with Gasteiger partial charge in [0.25, 0.3) is 0 Å². The van der Waals surface area contributed by atoms with E-state index in [1.807, 2.05) is 67.1 Å². The maximum absolute atomic E-state index is 5.75. The van der Waals surface area contributed by atoms with Gasteiger partial charge in [0.05, 0.1) is 16.6 Å². The van der Waals surface area contributed by atoms with Crippen molar-refractivity contribution in [2.45, 2.75) is 27.3 Å². The highest BCUT2D eigenvalue weighted by atomic mass is 16.5. The Hall–Kier alpha value is -3.74. The predicted octanol–water partition coefficient (Wildman–Crippen LogP) is 5.21. The summed E-state index contributed by atoms with van der Waals surface area (Å²) in [5.41, 5.74) is 5.36. The fourth-order valence-electron chi connectivity index (χ4n) is 3.10. The zero-order chi connectivity index (χ0) is 20.2. The van der Waals surface area contributed by atoms with E-state index in [9.17, 15) is 0 Å². The molecule has 0 radical (unpaired) electrons. The zero-order valence-electron chi connectivity index (χ0n) is 16.6. The van der Waals surface area contributed by atoms with Crippen LogP contribution in [0.2, 0.25) is 0 Å². The summed E-state index contributed by atoms with van der Waals surface area (Å²) in [6.45, 7) is 6.84. The first-order chi connectivity index (χ1) is 14.3. The predicted molar refractivity (Wildman–Crippen MR) is 114 cm³/mol. The molecule has 0 aliphatic carbocycles. The lowest BCUT2D eigenvalue weighted by molar-refractivity contribution is 0.432. The summed E-state index contributed by atoms with van der Waals surface area (Å²) in [4.78, 5) is 16.4. The highest BCUT2D eigenvalue weighted by Crippen LogP contribution is 2.27. The molecule has 0 saturated heterocycles. The maximum Gasteiger partial charge on any atom is 0.301 e. The second kappa shape index (κ2) is 8.10. The summed E-state index contributed by atoms with van der Waals surface area (Å²) in [5, 5.41) is 4.68. The van der Waals surface area contributed by atoms with Crippen LogP contribution in [-0.4, -0.2) is 29.7 Å². The Labute approximate surface area is 168 Å². The summed E-state index contributed by atoms with van der Waals surface area (Å²) in [5.74, 6) is 0.463. The molecule has 7 heteroatoms. The number of fused-ring (bicyclic) bond motifs is 2. The fourth-order valence-corrected chi connectivity index (χ4v) is 3.10. The first-order valence-corrected chi connectivity index (χ1v) is 9.72. The van der Waals surface area contributed by atoms with E-state index in [2.05, 4.69) is 32.0 Å². The number of ether oxygens (including phenoxy) is 1. The number of hydrogen-bond acceptors (Lipinski definition) is 5. The SMILES string of the molecule is CC.CCn1nc(-c2ccc(Oc3nc4ccccc4[nH]3)nc2)c2ncccc21. The standard InChI is InChI=1S/C20H16N6O.C2H6/c1-2-26-16-8-5-11-21-19(16)18(25-26)13-9-10-17(22-12-13)27-20-23-14-6-3-4-7-15(14)24-20;1-2/h3-12H,2H2,1H3,(H,23,24);1-2H3. The van der Waals surface area contributed by atoms with E-state index >= 15 is 0 Å². The highest BCUT2D eigenvalue weighted by molar-refractivity contribution is 5.89. The van der Waals surface area contributed by atoms with E-state index in [4.69, 9.17) is 4.74 Å². The van der Waals surface area contributed by atoms with E-state index in [-0.39, 0.29) is 0 Å². The number of aryl methyl sites for hydroxylation is 1. The average Bonchev–Trinajstić information content (AvgIpc) is 3.36. The third kappa shape index (κ3) is 3.54. The molecule has 4 aromatic heterocycles. The van der Waals surface area contributed by atoms with Crippen molar-refractivity contribution < 1.29 is 4.74 Å². The number of aromatic nitrogens is 6. The number of H-pyrrole nitrogens is 1. The second-order valence-corrected chi connectivity index (χ2v) is 6.08. The minimum Gasteiger partial charge on any atom is -0.407 e. The Morgan fingerprint density at radius 2 is 1.86 bits per heavy atom. The summed E-state index contributed by atoms with van der Waals surface area (Å²) in [7, 11) is 0. The second-order valence-electron chi connectivity index (χ2n) is 6.08. The van der Waals surface area contributed by atoms with Crippen molar-refractivity contribution in [2.24, 2.45) is 0 Å². The number of nitrogens with zero attached hydrogens (tertiary/aromatic N) is 5. The Morgan fingerprint density at radius 3 is 2.62 bits per heavy atom. The van der Waals surface area contributed by atoms with Crippen LogP contribution in [0.5, 0.6) is 11.9 Å². The largest absolute Gasteiger partial charge is 0.407 e. The molecule has 5 aromatic rings. The molecule has 0 amide bonds. The number of para-hydroxylation sites is 2. The molecule has 0 atom stereocenters. The molecule has 4 heterocycles. The van der Waals surface area contributed by atoms with Crippen LogP contribution in [0.3, 0.4) is 0 Å². The van der Waals surface area contributed by atoms with Crippen LogP contribution in [0.15, 0.2) is 60.9 Å². The number of imidazole rings is 1. The molecular formula is C22H22N6O. The van der Waals surface area contributed by atoms with Crippen molar-refractivity contribution >= 4 is 22.1 Å². The average molecular weight is 386 g/mol. The number of pyridine rings is 2. The van der Waals surface area contributed by atoms with Gasteiger partial charge in [0.1, 0.15) is 11.2 Å². The molecule has 7 nitrogen and oxygen atoms in total. The molecule has 0 aliphatic rings. The van der Waals surface area contributed by atoms with E-state index in [1.54, 1.807) is 12.4 Å². The maximum atomic E-state index is 5.75. The third-order valence-corrected chi connectivity index (χ3v) is 4.39. The Morgan fingerprint density at radius 1 is 1.00 bits per heavy atom. The number of aromatic amines is 1. The van der Waals surface area contributed by atoms with Crippen LogP contribution in [0.4, 0.5) is 0 Å². The number of nitrogens with one attached hydrogen (secondary N) is 1. The first-order valence-electron chi connectivity index (χ1n) is 9.72. The molecule has 5 rings (SSSR count). The Bertz CT molecular complexity index is 1210. The molecule has 0 bridgehead atoms. The molecule has 146 valence electrons. The Balaban J connectivity index is 0.000000994. The third-order valence-electron chi connectivity index (χ3n) is 4.39. The zero-order valence-corrected chi connectivity index (χ0v) is 16.6. The van der Waals surface area contributed by atoms with Crippen LogP contribution >= 0.6 is 0 Å². The van der Waals surface area contributed by atoms with Gasteiger partial charge >= 0.3 is 6.01 Å². The lowest BCUT2D eigenvalue weighted by Crippen LogP contribution is -1.96. The summed E-state index contributed by atoms with van der Waals surface area (Å²) in [6.07, 6.45) is 3.52. The van der Waals surface area contributed by atoms with Gasteiger partial charge in [-0.05, 0) is 37.3 Å². The van der Waals surface area contributed by atoms with Gasteiger partial charge in [0, 0.05) is 30.6 Å². The molecule has 0 saturated carbocycles. The summed E-state index contributed by atoms with van der Waals surface area (Å²) < 4.78 is 7.69. The fraction of sp³-hybridized carbons (Fsp3) is 0.182. The molecule has 29 heavy (non-hydrogen) atoms. The van der Waals surface area contributed by atoms with Crippen molar-refractivity contribution in [3.8, 4) is 23.1 Å². The minimum absolute atomic E-state index is 0.416. The quantitative estimate of drug-likeness (QED) is 0.459. The van der Waals surface area contributed by atoms with Crippen molar-refractivity contribution in [1.29, 1.82) is 0 Å². The smallest absolute Gasteiger partial charge is 0.301 e. The van der Waals surface area contributed by atoms with Gasteiger partial charge in [0.2, 0.25) is 5.88 Å². The van der Waals surface area contributed by atoms with Gasteiger partial charge in [-0.1, -0.05) is 26.0 Å². The first kappa shape index (κ1) is 18.6. The molecule has 0 aliphatic heterocycles. The van der Waals surface area contributed by atoms with Crippen molar-refractivity contribution in [3.63, 3.8) is 0 Å². The molecule has 0 spiro atoms. The van der Waals surface area contributed by atoms with E-state index in [0.717, 1.165) is 39.9 Å². The molecule has 0 unspecified atom stereocenters. The monoisotopic (exact) mass is 386 g/mol. The summed E-state index contributed by atoms with van der Waals surface area (Å²) in [6, 6.07) is 15.9. The van der Waals surface area contributed by atoms with Crippen LogP contribution in [-0.2, 0) is 6.54 Å². The lowest BCUT2D eigenvalue weighted by atomic mass is 10.2. The van der Waals surface area contributed by atoms with E-state index < -0.39 is 0 Å². The van der Waals surface area contributed by atoms with Gasteiger partial charge in [-0.25, -0.2) is 4.98 Å². The van der Waals surface area contributed by atoms with Crippen LogP contribution in [0.1, 0.15) is 20.8 Å². The Kier molecular flexibility index (Phi) is 5.20. The van der Waals surface area contributed by atoms with Crippen molar-refractivity contribution in [1.82, 2.24) is 29.7 Å². The van der Waals surface area contributed by atoms with Crippen LogP contribution in [0, 0.1) is 0 Å². The normalized spacial score (nSPS) is 10.7. The van der Waals surface area contributed by atoms with Crippen molar-refractivity contribution in [3.05, 3.63) is 60.9 Å². The number of benzene rings is 1. The van der Waals surface area contributed by atoms with Crippen LogP contribution in [0.25, 0.3) is 33.3 Å². The van der Waals surface area contributed by atoms with E-state index in [0.29, 0.717) is 11.9 Å². The van der Waals surface area contributed by atoms with Crippen LogP contribution < -0.4 is 4.74 Å². The topological polar surface area (TPSA) is 81.5 Å². The van der Waals surface area contributed by atoms with E-state index in [1.165, 1.54) is 0 Å². The molecule has 0 fully saturated rings. The van der Waals surface area contributed by atoms with Crippen molar-refractivity contribution in [2.75, 3.05) is 0 Å². The lowest BCUT2D eigenvalue weighted by Gasteiger charge is -2.02. The minimum atomic E-state index is 0.416. The molecule has 1 N–H and O–H groups in total. The van der Waals surface area contributed by atoms with Gasteiger partial charge in [-0.3, -0.25) is 9.67 Å². The molecular weight excluding hydrogens is 364 g/mol. The highest BCUT2D eigenvalue weighted by Gasteiger charge is 2.13. The van der Waals surface area contributed by atoms with Gasteiger partial charge < -0.3 is 9.72 Å².